The Balaban J connectivity index is 1.20. The standard InChI is InChI=1S/C37H35Cl2N3O3/c1-45-37(44)31-4-2-3-27(35(31)43)22-41-19-17-30(18-20-41)42-33-21-26(11-16-32(33)40-36(42)25-5-6-25)34(23-7-12-28(38)13-8-23)24-9-14-29(39)15-10-24/h2-4,7-16,21,25,30,34,43H,5-6,17-20,22H2,1H3. The molecule has 1 saturated carbocycles. The van der Waals surface area contributed by atoms with E-state index in [-0.39, 0.29) is 17.2 Å². The molecule has 1 aromatic heterocycles. The van der Waals surface area contributed by atoms with E-state index in [0.29, 0.717) is 28.5 Å². The molecule has 4 aromatic carbocycles. The van der Waals surface area contributed by atoms with Crippen molar-refractivity contribution in [2.45, 2.75) is 50.1 Å². The van der Waals surface area contributed by atoms with Crippen molar-refractivity contribution < 1.29 is 14.6 Å². The molecule has 0 radical (unpaired) electrons. The third kappa shape index (κ3) is 6.07. The molecule has 1 aliphatic carbocycles. The molecule has 1 saturated heterocycles. The molecule has 8 heteroatoms. The largest absolute Gasteiger partial charge is 0.507 e. The molecule has 6 nitrogen and oxygen atoms in total. The number of hydrogen-bond donors (Lipinski definition) is 1. The normalized spacial score (nSPS) is 16.0. The van der Waals surface area contributed by atoms with Crippen LogP contribution in [0.15, 0.2) is 84.9 Å². The van der Waals surface area contributed by atoms with Gasteiger partial charge in [0.15, 0.2) is 0 Å². The maximum atomic E-state index is 12.1. The number of halogens is 2. The predicted molar refractivity (Wildman–Crippen MR) is 179 cm³/mol. The predicted octanol–water partition coefficient (Wildman–Crippen LogP) is 8.73. The number of rotatable bonds is 8. The first-order valence-electron chi connectivity index (χ1n) is 15.5. The van der Waals surface area contributed by atoms with Crippen LogP contribution in [0.4, 0.5) is 0 Å². The molecule has 2 heterocycles. The minimum absolute atomic E-state index is 0.00607. The number of benzene rings is 4. The number of phenols is 1. The molecule has 5 aromatic rings. The Morgan fingerprint density at radius 2 is 1.51 bits per heavy atom. The summed E-state index contributed by atoms with van der Waals surface area (Å²) in [5.41, 5.74) is 6.71. The molecule has 0 atom stereocenters. The zero-order valence-electron chi connectivity index (χ0n) is 25.1. The monoisotopic (exact) mass is 639 g/mol. The maximum Gasteiger partial charge on any atom is 0.341 e. The molecule has 0 unspecified atom stereocenters. The Labute approximate surface area is 273 Å². The molecular formula is C37H35Cl2N3O3. The number of piperidine rings is 1. The summed E-state index contributed by atoms with van der Waals surface area (Å²) in [5, 5.41) is 12.2. The van der Waals surface area contributed by atoms with E-state index in [0.717, 1.165) is 37.0 Å². The number of phenolic OH excluding ortho intramolecular Hbond substituents is 1. The van der Waals surface area contributed by atoms with Gasteiger partial charge in [-0.05, 0) is 84.8 Å². The molecule has 1 N–H and O–H groups in total. The Bertz CT molecular complexity index is 1790. The van der Waals surface area contributed by atoms with Gasteiger partial charge >= 0.3 is 5.97 Å². The van der Waals surface area contributed by atoms with Crippen molar-refractivity contribution in [3.8, 4) is 5.75 Å². The second kappa shape index (κ2) is 12.5. The van der Waals surface area contributed by atoms with E-state index in [9.17, 15) is 9.90 Å². The fraction of sp³-hybridized carbons (Fsp3) is 0.297. The van der Waals surface area contributed by atoms with Crippen molar-refractivity contribution in [3.05, 3.63) is 129 Å². The summed E-state index contributed by atoms with van der Waals surface area (Å²) in [6.07, 6.45) is 4.32. The number of esters is 1. The molecule has 1 aliphatic heterocycles. The molecule has 2 fully saturated rings. The average molecular weight is 641 g/mol. The second-order valence-corrected chi connectivity index (χ2v) is 13.1. The molecule has 230 valence electrons. The number of carbonyl (C=O) groups is 1. The average Bonchev–Trinajstić information content (AvgIpc) is 3.84. The summed E-state index contributed by atoms with van der Waals surface area (Å²) >= 11 is 12.6. The molecule has 0 amide bonds. The minimum atomic E-state index is -0.526. The van der Waals surface area contributed by atoms with E-state index in [2.05, 4.69) is 51.9 Å². The summed E-state index contributed by atoms with van der Waals surface area (Å²) in [5.74, 6) is 1.22. The number of ether oxygens (including phenoxy) is 1. The highest BCUT2D eigenvalue weighted by Gasteiger charge is 2.33. The summed E-state index contributed by atoms with van der Waals surface area (Å²) in [7, 11) is 1.33. The van der Waals surface area contributed by atoms with E-state index in [1.807, 2.05) is 30.3 Å². The Hall–Kier alpha value is -3.84. The van der Waals surface area contributed by atoms with E-state index >= 15 is 0 Å². The second-order valence-electron chi connectivity index (χ2n) is 12.2. The first kappa shape index (κ1) is 29.8. The first-order valence-corrected chi connectivity index (χ1v) is 16.3. The number of fused-ring (bicyclic) bond motifs is 1. The van der Waals surface area contributed by atoms with Crippen molar-refractivity contribution in [1.82, 2.24) is 14.5 Å². The van der Waals surface area contributed by atoms with Crippen molar-refractivity contribution in [1.29, 1.82) is 0 Å². The van der Waals surface area contributed by atoms with Gasteiger partial charge < -0.3 is 14.4 Å². The van der Waals surface area contributed by atoms with Gasteiger partial charge in [-0.3, -0.25) is 4.90 Å². The van der Waals surface area contributed by atoms with Gasteiger partial charge in [0.2, 0.25) is 0 Å². The van der Waals surface area contributed by atoms with Crippen LogP contribution in [0.1, 0.15) is 82.0 Å². The molecule has 2 aliphatic rings. The van der Waals surface area contributed by atoms with E-state index < -0.39 is 5.97 Å². The highest BCUT2D eigenvalue weighted by molar-refractivity contribution is 6.30. The van der Waals surface area contributed by atoms with Gasteiger partial charge in [0.1, 0.15) is 17.1 Å². The summed E-state index contributed by atoms with van der Waals surface area (Å²) in [4.78, 5) is 19.6. The Kier molecular flexibility index (Phi) is 8.30. The van der Waals surface area contributed by atoms with E-state index in [1.54, 1.807) is 12.1 Å². The van der Waals surface area contributed by atoms with Crippen molar-refractivity contribution in [2.24, 2.45) is 0 Å². The number of aromatic nitrogens is 2. The van der Waals surface area contributed by atoms with Crippen LogP contribution in [0.25, 0.3) is 11.0 Å². The number of carbonyl (C=O) groups excluding carboxylic acids is 1. The summed E-state index contributed by atoms with van der Waals surface area (Å²) in [6.45, 7) is 2.35. The summed E-state index contributed by atoms with van der Waals surface area (Å²) < 4.78 is 7.37. The zero-order valence-corrected chi connectivity index (χ0v) is 26.6. The van der Waals surface area contributed by atoms with Gasteiger partial charge in [-0.1, -0.05) is 65.7 Å². The fourth-order valence-electron chi connectivity index (χ4n) is 6.78. The van der Waals surface area contributed by atoms with Gasteiger partial charge in [-0.2, -0.15) is 0 Å². The smallest absolute Gasteiger partial charge is 0.341 e. The van der Waals surface area contributed by atoms with Crippen LogP contribution in [-0.4, -0.2) is 45.7 Å². The highest BCUT2D eigenvalue weighted by atomic mass is 35.5. The Morgan fingerprint density at radius 3 is 2.11 bits per heavy atom. The van der Waals surface area contributed by atoms with E-state index in [1.165, 1.54) is 48.0 Å². The fourth-order valence-corrected chi connectivity index (χ4v) is 7.03. The number of imidazole rings is 1. The summed E-state index contributed by atoms with van der Waals surface area (Å²) in [6, 6.07) is 28.6. The van der Waals surface area contributed by atoms with Crippen LogP contribution >= 0.6 is 23.2 Å². The number of nitrogens with zero attached hydrogens (tertiary/aromatic N) is 3. The van der Waals surface area contributed by atoms with Gasteiger partial charge in [-0.15, -0.1) is 0 Å². The number of hydrogen-bond acceptors (Lipinski definition) is 5. The maximum absolute atomic E-state index is 12.1. The number of likely N-dealkylation sites (tertiary alicyclic amines) is 1. The van der Waals surface area contributed by atoms with Crippen LogP contribution in [0.2, 0.25) is 10.0 Å². The minimum Gasteiger partial charge on any atom is -0.507 e. The van der Waals surface area contributed by atoms with Crippen LogP contribution in [0, 0.1) is 0 Å². The number of aromatic hydroxyl groups is 1. The lowest BCUT2D eigenvalue weighted by Gasteiger charge is -2.34. The lowest BCUT2D eigenvalue weighted by molar-refractivity contribution is 0.0597. The highest BCUT2D eigenvalue weighted by Crippen LogP contribution is 2.44. The number of methoxy groups -OCH3 is 1. The van der Waals surface area contributed by atoms with Gasteiger partial charge in [0.25, 0.3) is 0 Å². The van der Waals surface area contributed by atoms with Crippen molar-refractivity contribution >= 4 is 40.2 Å². The van der Waals surface area contributed by atoms with Crippen LogP contribution in [-0.2, 0) is 11.3 Å². The molecular weight excluding hydrogens is 605 g/mol. The first-order chi connectivity index (χ1) is 21.9. The molecule has 0 bridgehead atoms. The topological polar surface area (TPSA) is 67.6 Å². The lowest BCUT2D eigenvalue weighted by Crippen LogP contribution is -2.34. The van der Waals surface area contributed by atoms with Gasteiger partial charge in [0, 0.05) is 53.1 Å². The van der Waals surface area contributed by atoms with Crippen molar-refractivity contribution in [2.75, 3.05) is 20.2 Å². The Morgan fingerprint density at radius 1 is 0.889 bits per heavy atom. The SMILES string of the molecule is COC(=O)c1cccc(CN2CCC(n3c(C4CC4)nc4ccc(C(c5ccc(Cl)cc5)c5ccc(Cl)cc5)cc43)CC2)c1O. The van der Waals surface area contributed by atoms with Crippen LogP contribution in [0.5, 0.6) is 5.75 Å². The molecule has 0 spiro atoms. The number of para-hydroxylation sites is 1. The van der Waals surface area contributed by atoms with Gasteiger partial charge in [0.05, 0.1) is 18.1 Å². The lowest BCUT2D eigenvalue weighted by atomic mass is 9.85. The van der Waals surface area contributed by atoms with Crippen LogP contribution < -0.4 is 0 Å². The zero-order chi connectivity index (χ0) is 31.1. The van der Waals surface area contributed by atoms with Crippen LogP contribution in [0.3, 0.4) is 0 Å². The quantitative estimate of drug-likeness (QED) is 0.136. The van der Waals surface area contributed by atoms with Gasteiger partial charge in [-0.25, -0.2) is 9.78 Å². The van der Waals surface area contributed by atoms with Crippen molar-refractivity contribution in [3.63, 3.8) is 0 Å². The third-order valence-corrected chi connectivity index (χ3v) is 9.77. The molecule has 7 rings (SSSR count). The van der Waals surface area contributed by atoms with E-state index in [4.69, 9.17) is 32.9 Å². The third-order valence-electron chi connectivity index (χ3n) is 9.26. The molecule has 45 heavy (non-hydrogen) atoms.